The van der Waals surface area contributed by atoms with Gasteiger partial charge in [-0.05, 0) is 0 Å². The van der Waals surface area contributed by atoms with Crippen LogP contribution in [0.15, 0.2) is 16.4 Å². The Balaban J connectivity index is 0.00000208. The van der Waals surface area contributed by atoms with Gasteiger partial charge in [0.2, 0.25) is 0 Å². The zero-order chi connectivity index (χ0) is 16.7. The largest absolute Gasteiger partial charge is 1.00 e. The van der Waals surface area contributed by atoms with E-state index in [-0.39, 0.29) is 44.8 Å². The average molecular weight is 429 g/mol. The van der Waals surface area contributed by atoms with Gasteiger partial charge in [0.25, 0.3) is 0 Å². The molecule has 5 nitrogen and oxygen atoms in total. The number of benzene rings is 1. The summed E-state index contributed by atoms with van der Waals surface area (Å²) in [5.41, 5.74) is 0. The molecule has 0 bridgehead atoms. The van der Waals surface area contributed by atoms with E-state index in [1.165, 1.54) is 0 Å². The van der Waals surface area contributed by atoms with Gasteiger partial charge in [-0.1, -0.05) is 0 Å². The molecule has 2 heterocycles. The minimum atomic E-state index is -0.710. The predicted molar refractivity (Wildman–Crippen MR) is 78.0 cm³/mol. The molecule has 0 saturated carbocycles. The molecule has 0 unspecified atom stereocenters. The van der Waals surface area contributed by atoms with Crippen LogP contribution in [0.4, 0.5) is 8.78 Å². The molecule has 0 amide bonds. The van der Waals surface area contributed by atoms with Crippen LogP contribution in [0.25, 0.3) is 5.82 Å². The van der Waals surface area contributed by atoms with E-state index in [1.54, 1.807) is 11.1 Å². The Labute approximate surface area is 159 Å². The summed E-state index contributed by atoms with van der Waals surface area (Å²) in [6.07, 6.45) is 1.57. The van der Waals surface area contributed by atoms with Gasteiger partial charge in [-0.2, -0.15) is 0 Å². The van der Waals surface area contributed by atoms with Gasteiger partial charge in [0.15, 0.2) is 0 Å². The molecule has 10 heteroatoms. The van der Waals surface area contributed by atoms with E-state index in [9.17, 15) is 8.78 Å². The molecular formula is C14H14Cl2F2N4OZn. The van der Waals surface area contributed by atoms with Crippen molar-refractivity contribution in [2.75, 3.05) is 33.9 Å². The Morgan fingerprint density at radius 2 is 2.12 bits per heavy atom. The molecule has 0 atom stereocenters. The van der Waals surface area contributed by atoms with Gasteiger partial charge in [-0.25, -0.2) is 0 Å². The number of nitrogens with zero attached hydrogens (tertiary/aromatic N) is 3. The average Bonchev–Trinajstić information content (AvgIpc) is 2.66. The minimum absolute atomic E-state index is 0. The van der Waals surface area contributed by atoms with Crippen LogP contribution in [0.2, 0.25) is 0 Å². The van der Waals surface area contributed by atoms with Gasteiger partial charge >= 0.3 is 147 Å². The molecule has 24 heavy (non-hydrogen) atoms. The van der Waals surface area contributed by atoms with Crippen molar-refractivity contribution in [3.63, 3.8) is 0 Å². The second-order valence-corrected chi connectivity index (χ2v) is 7.39. The maximum absolute atomic E-state index is 14.5. The van der Waals surface area contributed by atoms with E-state index in [0.717, 1.165) is 6.54 Å². The zero-order valence-corrected chi connectivity index (χ0v) is 17.6. The van der Waals surface area contributed by atoms with E-state index in [0.29, 0.717) is 30.7 Å². The van der Waals surface area contributed by atoms with Crippen LogP contribution in [0.3, 0.4) is 0 Å². The summed E-state index contributed by atoms with van der Waals surface area (Å²) in [5, 5.41) is 3.52. The molecule has 2 aliphatic heterocycles. The predicted octanol–water partition coefficient (Wildman–Crippen LogP) is -3.32. The number of hydrogen-bond donors (Lipinski definition) is 1. The van der Waals surface area contributed by atoms with Crippen molar-refractivity contribution in [1.29, 1.82) is 0 Å². The molecule has 2 aliphatic rings. The van der Waals surface area contributed by atoms with Gasteiger partial charge < -0.3 is 12.4 Å². The number of likely N-dealkylation sites (N-methyl/N-ethyl adjacent to an activating group) is 1. The Bertz CT molecular complexity index is 816. The molecule has 1 N–H and O–H groups in total. The first-order valence-corrected chi connectivity index (χ1v) is 8.88. The summed E-state index contributed by atoms with van der Waals surface area (Å²) < 4.78 is 34.4. The molecule has 1 aromatic rings. The Kier molecular flexibility index (Phi) is 6.07. The molecule has 0 spiro atoms. The number of ether oxygens (including phenoxy) is 1. The van der Waals surface area contributed by atoms with E-state index in [4.69, 9.17) is 16.3 Å². The SMILES string of the molecule is CN(C)CCN1C=C(Cl)Oc2c(F)[c]([Zn+])c(F)c3c2=C1NCN=3.[Cl-]. The fourth-order valence-electron chi connectivity index (χ4n) is 2.49. The molecule has 1 aromatic carbocycles. The monoisotopic (exact) mass is 426 g/mol. The first-order chi connectivity index (χ1) is 10.9. The third-order valence-electron chi connectivity index (χ3n) is 3.65. The molecule has 0 aromatic heterocycles. The third kappa shape index (κ3) is 3.38. The van der Waals surface area contributed by atoms with Gasteiger partial charge in [-0.15, -0.1) is 0 Å². The van der Waals surface area contributed by atoms with Crippen LogP contribution in [0, 0.1) is 11.6 Å². The summed E-state index contributed by atoms with van der Waals surface area (Å²) in [5.74, 6) is -0.837. The summed E-state index contributed by atoms with van der Waals surface area (Å²) in [4.78, 5) is 7.95. The number of halogens is 4. The van der Waals surface area contributed by atoms with Crippen LogP contribution in [0.5, 0.6) is 5.75 Å². The van der Waals surface area contributed by atoms with E-state index in [2.05, 4.69) is 10.3 Å². The molecule has 0 radical (unpaired) electrons. The number of nitrogens with one attached hydrogen (secondary N) is 1. The van der Waals surface area contributed by atoms with Crippen molar-refractivity contribution in [2.24, 2.45) is 4.99 Å². The van der Waals surface area contributed by atoms with E-state index >= 15 is 0 Å². The Morgan fingerprint density at radius 1 is 1.42 bits per heavy atom. The van der Waals surface area contributed by atoms with Crippen molar-refractivity contribution in [3.05, 3.63) is 33.6 Å². The smallest absolute Gasteiger partial charge is 1.00 e. The molecular weight excluding hydrogens is 414 g/mol. The first kappa shape index (κ1) is 19.4. The molecule has 0 fully saturated rings. The van der Waals surface area contributed by atoms with Gasteiger partial charge in [0.1, 0.15) is 0 Å². The van der Waals surface area contributed by atoms with Crippen LogP contribution in [0.1, 0.15) is 0 Å². The fraction of sp³-hybridized carbons (Fsp3) is 0.357. The second kappa shape index (κ2) is 7.52. The van der Waals surface area contributed by atoms with Gasteiger partial charge in [-0.3, -0.25) is 0 Å². The Hall–Kier alpha value is -0.947. The van der Waals surface area contributed by atoms with Crippen molar-refractivity contribution < 1.29 is 44.2 Å². The van der Waals surface area contributed by atoms with Crippen molar-refractivity contribution in [3.8, 4) is 5.75 Å². The van der Waals surface area contributed by atoms with Crippen molar-refractivity contribution in [2.45, 2.75) is 0 Å². The summed E-state index contributed by atoms with van der Waals surface area (Å²) in [7, 11) is 3.89. The summed E-state index contributed by atoms with van der Waals surface area (Å²) in [6, 6.07) is 0. The maximum Gasteiger partial charge on any atom is -1.00 e. The second-order valence-electron chi connectivity index (χ2n) is 5.53. The molecule has 3 rings (SSSR count). The van der Waals surface area contributed by atoms with E-state index in [1.807, 2.05) is 19.0 Å². The van der Waals surface area contributed by atoms with Crippen LogP contribution < -0.4 is 37.2 Å². The zero-order valence-electron chi connectivity index (χ0n) is 13.2. The van der Waals surface area contributed by atoms with Gasteiger partial charge in [0, 0.05) is 0 Å². The molecule has 126 valence electrons. The van der Waals surface area contributed by atoms with Crippen LogP contribution in [-0.2, 0) is 18.3 Å². The first-order valence-electron chi connectivity index (χ1n) is 7.02. The number of rotatable bonds is 3. The maximum atomic E-state index is 14.5. The quantitative estimate of drug-likeness (QED) is 0.512. The van der Waals surface area contributed by atoms with Crippen LogP contribution >= 0.6 is 11.6 Å². The Morgan fingerprint density at radius 3 is 2.79 bits per heavy atom. The van der Waals surface area contributed by atoms with Crippen molar-refractivity contribution in [1.82, 2.24) is 15.1 Å². The summed E-state index contributed by atoms with van der Waals surface area (Å²) in [6.45, 7) is 1.53. The standard InChI is InChI=1S/C14H14ClF2N4O.ClH.Zn/c1-20(2)3-4-21-6-10(15)22-13-9(17)5-8(16)12-11(13)14(21)19-7-18-12;;/h6,19H,3-4,7H2,1-2H3;1H;/q;;+1/p-1. The normalized spacial score (nSPS) is 15.6. The van der Waals surface area contributed by atoms with Gasteiger partial charge in [0.05, 0.1) is 0 Å². The third-order valence-corrected chi connectivity index (χ3v) is 5.13. The van der Waals surface area contributed by atoms with Crippen molar-refractivity contribution >= 4 is 21.6 Å². The fourth-order valence-corrected chi connectivity index (χ4v) is 3.37. The minimum Gasteiger partial charge on any atom is -1.00 e. The number of hydrogen-bond acceptors (Lipinski definition) is 5. The van der Waals surface area contributed by atoms with E-state index < -0.39 is 11.6 Å². The summed E-state index contributed by atoms with van der Waals surface area (Å²) >= 11 is 6.40. The van der Waals surface area contributed by atoms with Crippen LogP contribution in [-0.4, -0.2) is 43.7 Å². The molecule has 0 aliphatic carbocycles. The topological polar surface area (TPSA) is 40.1 Å². The molecule has 0 saturated heterocycles.